The molecule has 8 nitrogen and oxygen atoms in total. The van der Waals surface area contributed by atoms with Gasteiger partial charge in [0.25, 0.3) is 5.69 Å². The largest absolute Gasteiger partial charge is 0.511 e. The molecular weight excluding hydrogens is 258 g/mol. The van der Waals surface area contributed by atoms with Crippen molar-refractivity contribution in [1.82, 2.24) is 0 Å². The Hall–Kier alpha value is -2.19. The first kappa shape index (κ1) is 13.2. The monoisotopic (exact) mass is 269 g/mol. The third-order valence-electron chi connectivity index (χ3n) is 2.63. The first-order valence-corrected chi connectivity index (χ1v) is 5.46. The maximum absolute atomic E-state index is 10.8. The van der Waals surface area contributed by atoms with Crippen molar-refractivity contribution in [3.8, 4) is 5.75 Å². The first-order valence-electron chi connectivity index (χ1n) is 5.46. The quantitative estimate of drug-likeness (QED) is 0.387. The number of carbonyl (C=O) groups is 1. The number of hydrogen-bond acceptors (Lipinski definition) is 6. The molecule has 0 saturated carbocycles. The molecule has 1 aromatic rings. The minimum atomic E-state index is -1.48. The van der Waals surface area contributed by atoms with Gasteiger partial charge in [0.2, 0.25) is 0 Å². The maximum Gasteiger partial charge on any atom is 0.511 e. The van der Waals surface area contributed by atoms with Gasteiger partial charge in [-0.05, 0) is 6.07 Å². The highest BCUT2D eigenvalue weighted by Crippen LogP contribution is 2.34. The summed E-state index contributed by atoms with van der Waals surface area (Å²) in [5.41, 5.74) is 0.183. The molecule has 0 spiro atoms. The lowest BCUT2D eigenvalue weighted by atomic mass is 10.0. The van der Waals surface area contributed by atoms with Crippen molar-refractivity contribution in [2.75, 3.05) is 13.4 Å². The van der Waals surface area contributed by atoms with Crippen LogP contribution in [0.25, 0.3) is 0 Å². The number of ether oxygens (including phenoxy) is 3. The molecule has 0 amide bonds. The van der Waals surface area contributed by atoms with Gasteiger partial charge in [-0.3, -0.25) is 10.1 Å². The highest BCUT2D eigenvalue weighted by atomic mass is 16.7. The predicted octanol–water partition coefficient (Wildman–Crippen LogP) is 2.09. The van der Waals surface area contributed by atoms with E-state index in [0.29, 0.717) is 18.6 Å². The second kappa shape index (κ2) is 5.63. The van der Waals surface area contributed by atoms with Crippen LogP contribution in [0.1, 0.15) is 18.1 Å². The van der Waals surface area contributed by atoms with Crippen LogP contribution in [0.5, 0.6) is 5.75 Å². The summed E-state index contributed by atoms with van der Waals surface area (Å²) in [6, 6.07) is 3.69. The normalized spacial score (nSPS) is 18.8. The summed E-state index contributed by atoms with van der Waals surface area (Å²) >= 11 is 0. The average Bonchev–Trinajstić information content (AvgIpc) is 2.39. The van der Waals surface area contributed by atoms with E-state index in [2.05, 4.69) is 4.74 Å². The second-order valence-corrected chi connectivity index (χ2v) is 3.82. The first-order chi connectivity index (χ1) is 9.08. The lowest BCUT2D eigenvalue weighted by Gasteiger charge is -2.24. The molecule has 19 heavy (non-hydrogen) atoms. The van der Waals surface area contributed by atoms with Crippen LogP contribution < -0.4 is 4.74 Å². The van der Waals surface area contributed by atoms with Crippen molar-refractivity contribution in [3.05, 3.63) is 33.9 Å². The zero-order valence-electron chi connectivity index (χ0n) is 9.77. The van der Waals surface area contributed by atoms with Gasteiger partial charge in [0.05, 0.1) is 17.6 Å². The molecule has 2 rings (SSSR count). The number of benzene rings is 1. The van der Waals surface area contributed by atoms with Crippen molar-refractivity contribution in [3.63, 3.8) is 0 Å². The van der Waals surface area contributed by atoms with E-state index >= 15 is 0 Å². The van der Waals surface area contributed by atoms with E-state index in [0.717, 1.165) is 0 Å². The van der Waals surface area contributed by atoms with Gasteiger partial charge in [0.15, 0.2) is 0 Å². The third kappa shape index (κ3) is 3.18. The standard InChI is InChI=1S/C11H11NO7/c13-11(14)19-10-2-1-7(12(15)16)5-8(10)9-3-4-17-6-18-9/h1-2,5,9H,3-4,6H2,(H,13,14). The van der Waals surface area contributed by atoms with Crippen LogP contribution >= 0.6 is 0 Å². The molecule has 8 heteroatoms. The van der Waals surface area contributed by atoms with Crippen LogP contribution in [0.4, 0.5) is 10.5 Å². The molecule has 0 aliphatic carbocycles. The minimum Gasteiger partial charge on any atom is -0.449 e. The van der Waals surface area contributed by atoms with Gasteiger partial charge < -0.3 is 19.3 Å². The van der Waals surface area contributed by atoms with Gasteiger partial charge >= 0.3 is 6.16 Å². The smallest absolute Gasteiger partial charge is 0.449 e. The van der Waals surface area contributed by atoms with E-state index in [9.17, 15) is 14.9 Å². The fourth-order valence-electron chi connectivity index (χ4n) is 1.80. The molecular formula is C11H11NO7. The fraction of sp³-hybridized carbons (Fsp3) is 0.364. The summed E-state index contributed by atoms with van der Waals surface area (Å²) in [5, 5.41) is 19.4. The van der Waals surface area contributed by atoms with Crippen molar-refractivity contribution >= 4 is 11.8 Å². The Balaban J connectivity index is 2.36. The Bertz CT molecular complexity index is 496. The van der Waals surface area contributed by atoms with E-state index in [1.165, 1.54) is 18.2 Å². The number of non-ortho nitro benzene ring substituents is 1. The highest BCUT2D eigenvalue weighted by Gasteiger charge is 2.24. The maximum atomic E-state index is 10.8. The molecule has 0 radical (unpaired) electrons. The SMILES string of the molecule is O=C(O)Oc1ccc([N+](=O)[O-])cc1C1CCOCO1. The Morgan fingerprint density at radius 3 is 2.89 bits per heavy atom. The summed E-state index contributed by atoms with van der Waals surface area (Å²) in [6.45, 7) is 0.486. The van der Waals surface area contributed by atoms with Crippen LogP contribution in [0.2, 0.25) is 0 Å². The number of nitro groups is 1. The lowest BCUT2D eigenvalue weighted by molar-refractivity contribution is -0.385. The van der Waals surface area contributed by atoms with Gasteiger partial charge in [-0.15, -0.1) is 0 Å². The van der Waals surface area contributed by atoms with Crippen molar-refractivity contribution < 1.29 is 29.0 Å². The van der Waals surface area contributed by atoms with Gasteiger partial charge in [0.1, 0.15) is 12.5 Å². The summed E-state index contributed by atoms with van der Waals surface area (Å²) in [7, 11) is 0. The van der Waals surface area contributed by atoms with E-state index < -0.39 is 17.2 Å². The number of nitrogens with zero attached hydrogens (tertiary/aromatic N) is 1. The van der Waals surface area contributed by atoms with E-state index in [4.69, 9.17) is 14.6 Å². The molecule has 0 aromatic heterocycles. The van der Waals surface area contributed by atoms with Gasteiger partial charge in [-0.25, -0.2) is 4.79 Å². The Morgan fingerprint density at radius 2 is 2.32 bits per heavy atom. The van der Waals surface area contributed by atoms with Crippen LogP contribution in [-0.2, 0) is 9.47 Å². The summed E-state index contributed by atoms with van der Waals surface area (Å²) in [4.78, 5) is 20.8. The summed E-state index contributed by atoms with van der Waals surface area (Å²) in [6.07, 6.45) is -1.50. The van der Waals surface area contributed by atoms with Crippen LogP contribution in [0.3, 0.4) is 0 Å². The molecule has 1 aliphatic heterocycles. The summed E-state index contributed by atoms with van der Waals surface area (Å²) in [5.74, 6) is 0.0324. The molecule has 1 atom stereocenters. The van der Waals surface area contributed by atoms with Gasteiger partial charge in [0, 0.05) is 24.1 Å². The topological polar surface area (TPSA) is 108 Å². The number of carboxylic acid groups (broad SMARTS) is 1. The van der Waals surface area contributed by atoms with Crippen molar-refractivity contribution in [2.24, 2.45) is 0 Å². The molecule has 102 valence electrons. The molecule has 1 unspecified atom stereocenters. The van der Waals surface area contributed by atoms with Crippen molar-refractivity contribution in [2.45, 2.75) is 12.5 Å². The zero-order chi connectivity index (χ0) is 13.8. The fourth-order valence-corrected chi connectivity index (χ4v) is 1.80. The zero-order valence-corrected chi connectivity index (χ0v) is 9.77. The Kier molecular flexibility index (Phi) is 3.93. The highest BCUT2D eigenvalue weighted by molar-refractivity contribution is 5.63. The number of hydrogen-bond donors (Lipinski definition) is 1. The Morgan fingerprint density at radius 1 is 1.53 bits per heavy atom. The lowest BCUT2D eigenvalue weighted by Crippen LogP contribution is -2.18. The molecule has 1 heterocycles. The van der Waals surface area contributed by atoms with E-state index in [1.54, 1.807) is 0 Å². The summed E-state index contributed by atoms with van der Waals surface area (Å²) < 4.78 is 14.9. The van der Waals surface area contributed by atoms with Crippen LogP contribution in [0, 0.1) is 10.1 Å². The molecule has 1 N–H and O–H groups in total. The number of rotatable bonds is 3. The van der Waals surface area contributed by atoms with Gasteiger partial charge in [-0.2, -0.15) is 0 Å². The third-order valence-corrected chi connectivity index (χ3v) is 2.63. The van der Waals surface area contributed by atoms with E-state index in [1.807, 2.05) is 0 Å². The average molecular weight is 269 g/mol. The second-order valence-electron chi connectivity index (χ2n) is 3.82. The minimum absolute atomic E-state index is 0.0324. The van der Waals surface area contributed by atoms with Gasteiger partial charge in [-0.1, -0.05) is 0 Å². The molecule has 1 aliphatic rings. The van der Waals surface area contributed by atoms with Crippen LogP contribution in [-0.4, -0.2) is 29.6 Å². The molecule has 1 saturated heterocycles. The Labute approximate surface area is 107 Å². The van der Waals surface area contributed by atoms with E-state index in [-0.39, 0.29) is 18.2 Å². The molecule has 1 fully saturated rings. The van der Waals surface area contributed by atoms with Crippen LogP contribution in [0.15, 0.2) is 18.2 Å². The van der Waals surface area contributed by atoms with Crippen molar-refractivity contribution in [1.29, 1.82) is 0 Å². The molecule has 0 bridgehead atoms. The number of nitro benzene ring substituents is 1. The molecule has 1 aromatic carbocycles. The predicted molar refractivity (Wildman–Crippen MR) is 61.0 cm³/mol.